The van der Waals surface area contributed by atoms with Crippen molar-refractivity contribution >= 4 is 45.9 Å². The van der Waals surface area contributed by atoms with Crippen molar-refractivity contribution in [1.29, 1.82) is 0 Å². The Balaban J connectivity index is 2.49. The third kappa shape index (κ3) is 1.98. The number of carboxylic acids is 1. The lowest BCUT2D eigenvalue weighted by Crippen LogP contribution is -2.27. The van der Waals surface area contributed by atoms with Crippen LogP contribution in [0.5, 0.6) is 5.75 Å². The summed E-state index contributed by atoms with van der Waals surface area (Å²) in [6.45, 7) is 3.55. The van der Waals surface area contributed by atoms with Gasteiger partial charge in [-0.05, 0) is 18.2 Å². The molecule has 2 rings (SSSR count). The molecule has 92 valence electrons. The summed E-state index contributed by atoms with van der Waals surface area (Å²) in [5.74, 6) is -2.03. The Labute approximate surface area is 112 Å². The second-order valence-corrected chi connectivity index (χ2v) is 5.17. The van der Waals surface area contributed by atoms with Crippen LogP contribution >= 0.6 is 24.0 Å². The Kier molecular flexibility index (Phi) is 3.10. The molecule has 0 atom stereocenters. The summed E-state index contributed by atoms with van der Waals surface area (Å²) in [6.07, 6.45) is 0. The minimum Gasteiger partial charge on any atom is -0.507 e. The van der Waals surface area contributed by atoms with E-state index in [1.165, 1.54) is 23.1 Å². The molecule has 7 heteroatoms. The molecule has 0 aliphatic carbocycles. The van der Waals surface area contributed by atoms with Crippen LogP contribution in [-0.4, -0.2) is 26.4 Å². The van der Waals surface area contributed by atoms with E-state index in [1.54, 1.807) is 0 Å². The molecule has 0 unspecified atom stereocenters. The van der Waals surface area contributed by atoms with Crippen molar-refractivity contribution in [3.8, 4) is 5.75 Å². The number of carboxylic acid groups (broad SMARTS) is 1. The monoisotopic (exact) mass is 281 g/mol. The minimum absolute atomic E-state index is 0.282. The largest absolute Gasteiger partial charge is 0.507 e. The Morgan fingerprint density at radius 3 is 2.61 bits per heavy atom. The lowest BCUT2D eigenvalue weighted by Gasteiger charge is -2.15. The highest BCUT2D eigenvalue weighted by Gasteiger charge is 2.32. The van der Waals surface area contributed by atoms with E-state index < -0.39 is 5.97 Å². The van der Waals surface area contributed by atoms with Crippen LogP contribution in [0.3, 0.4) is 0 Å². The summed E-state index contributed by atoms with van der Waals surface area (Å²) in [5, 5.41) is 18.3. The molecule has 2 N–H and O–H groups in total. The second kappa shape index (κ2) is 4.43. The topological polar surface area (TPSA) is 77.8 Å². The second-order valence-electron chi connectivity index (χ2n) is 3.44. The van der Waals surface area contributed by atoms with Gasteiger partial charge in [-0.1, -0.05) is 30.6 Å². The molecule has 0 bridgehead atoms. The number of carbonyl (C=O) groups excluding carboxylic acids is 1. The number of thioether (sulfide) groups is 1. The number of aromatic hydroxyl groups is 1. The van der Waals surface area contributed by atoms with Gasteiger partial charge in [0.2, 0.25) is 0 Å². The van der Waals surface area contributed by atoms with Gasteiger partial charge in [-0.2, -0.15) is 0 Å². The third-order valence-corrected chi connectivity index (χ3v) is 3.51. The van der Waals surface area contributed by atoms with Gasteiger partial charge in [0.05, 0.1) is 10.6 Å². The van der Waals surface area contributed by atoms with Crippen molar-refractivity contribution in [1.82, 2.24) is 0 Å². The number of thiocarbonyl (C=S) groups is 1. The molecule has 1 heterocycles. The number of aromatic carboxylic acids is 1. The normalized spacial score (nSPS) is 15.3. The Morgan fingerprint density at radius 2 is 2.11 bits per heavy atom. The first-order chi connectivity index (χ1) is 8.41. The fourth-order valence-electron chi connectivity index (χ4n) is 1.46. The van der Waals surface area contributed by atoms with E-state index in [-0.39, 0.29) is 26.4 Å². The standard InChI is InChI=1S/C11H7NO4S2/c1-5-9(14)12(11(17)18-5)6-2-3-8(13)7(4-6)10(15)16/h2-4,13H,1H2,(H,15,16). The predicted octanol–water partition coefficient (Wildman–Crippen LogP) is 1.97. The van der Waals surface area contributed by atoms with Crippen LogP contribution in [0, 0.1) is 0 Å². The average Bonchev–Trinajstić information content (AvgIpc) is 2.54. The molecule has 1 fully saturated rings. The van der Waals surface area contributed by atoms with Gasteiger partial charge in [-0.3, -0.25) is 9.69 Å². The SMILES string of the molecule is C=C1SC(=S)N(c2ccc(O)c(C(=O)O)c2)C1=O. The highest BCUT2D eigenvalue weighted by molar-refractivity contribution is 8.27. The van der Waals surface area contributed by atoms with Crippen molar-refractivity contribution in [2.75, 3.05) is 4.90 Å². The van der Waals surface area contributed by atoms with Crippen LogP contribution in [0.2, 0.25) is 0 Å². The average molecular weight is 281 g/mol. The van der Waals surface area contributed by atoms with Gasteiger partial charge in [0.25, 0.3) is 5.91 Å². The number of amides is 1. The molecule has 18 heavy (non-hydrogen) atoms. The van der Waals surface area contributed by atoms with E-state index in [2.05, 4.69) is 6.58 Å². The molecule has 0 aromatic heterocycles. The molecule has 1 aliphatic heterocycles. The number of hydrogen-bond acceptors (Lipinski definition) is 5. The molecule has 0 spiro atoms. The maximum atomic E-state index is 11.8. The molecular weight excluding hydrogens is 274 g/mol. The number of carbonyl (C=O) groups is 2. The van der Waals surface area contributed by atoms with E-state index in [0.29, 0.717) is 5.69 Å². The lowest BCUT2D eigenvalue weighted by molar-refractivity contribution is -0.113. The maximum Gasteiger partial charge on any atom is 0.339 e. The zero-order valence-corrected chi connectivity index (χ0v) is 10.5. The van der Waals surface area contributed by atoms with E-state index in [0.717, 1.165) is 11.8 Å². The predicted molar refractivity (Wildman–Crippen MR) is 71.9 cm³/mol. The Bertz CT molecular complexity index is 597. The fourth-order valence-corrected chi connectivity index (χ4v) is 2.62. The number of hydrogen-bond donors (Lipinski definition) is 2. The van der Waals surface area contributed by atoms with Crippen molar-refractivity contribution < 1.29 is 19.8 Å². The Hall–Kier alpha value is -1.86. The number of anilines is 1. The maximum absolute atomic E-state index is 11.8. The highest BCUT2D eigenvalue weighted by atomic mass is 32.2. The van der Waals surface area contributed by atoms with Crippen LogP contribution in [0.25, 0.3) is 0 Å². The molecule has 5 nitrogen and oxygen atoms in total. The summed E-state index contributed by atoms with van der Waals surface area (Å²) >= 11 is 6.07. The van der Waals surface area contributed by atoms with Crippen molar-refractivity contribution in [3.05, 3.63) is 35.2 Å². The summed E-state index contributed by atoms with van der Waals surface area (Å²) in [5.41, 5.74) is 0.0111. The number of benzene rings is 1. The summed E-state index contributed by atoms with van der Waals surface area (Å²) in [7, 11) is 0. The van der Waals surface area contributed by atoms with Gasteiger partial charge in [0, 0.05) is 0 Å². The van der Waals surface area contributed by atoms with Gasteiger partial charge < -0.3 is 10.2 Å². The fraction of sp³-hybridized carbons (Fsp3) is 0. The number of nitrogens with zero attached hydrogens (tertiary/aromatic N) is 1. The molecule has 1 saturated heterocycles. The van der Waals surface area contributed by atoms with Gasteiger partial charge in [0.15, 0.2) is 4.32 Å². The first-order valence-electron chi connectivity index (χ1n) is 4.73. The zero-order valence-electron chi connectivity index (χ0n) is 8.91. The number of phenols is 1. The quantitative estimate of drug-likeness (QED) is 0.637. The van der Waals surface area contributed by atoms with Gasteiger partial charge >= 0.3 is 5.97 Å². The van der Waals surface area contributed by atoms with Crippen molar-refractivity contribution in [2.24, 2.45) is 0 Å². The van der Waals surface area contributed by atoms with E-state index in [9.17, 15) is 14.7 Å². The molecular formula is C11H7NO4S2. The minimum atomic E-state index is -1.28. The van der Waals surface area contributed by atoms with E-state index in [1.807, 2.05) is 0 Å². The summed E-state index contributed by atoms with van der Waals surface area (Å²) < 4.78 is 0.284. The lowest BCUT2D eigenvalue weighted by atomic mass is 10.1. The van der Waals surface area contributed by atoms with Gasteiger partial charge in [-0.25, -0.2) is 4.79 Å². The molecule has 1 aromatic carbocycles. The molecule has 1 amide bonds. The van der Waals surface area contributed by atoms with Crippen LogP contribution in [0.1, 0.15) is 10.4 Å². The Morgan fingerprint density at radius 1 is 1.44 bits per heavy atom. The van der Waals surface area contributed by atoms with E-state index >= 15 is 0 Å². The first kappa shape index (κ1) is 12.6. The molecule has 1 aromatic rings. The highest BCUT2D eigenvalue weighted by Crippen LogP contribution is 2.35. The zero-order chi connectivity index (χ0) is 13.4. The van der Waals surface area contributed by atoms with Crippen LogP contribution in [0.15, 0.2) is 29.7 Å². The van der Waals surface area contributed by atoms with Crippen LogP contribution < -0.4 is 4.90 Å². The smallest absolute Gasteiger partial charge is 0.339 e. The number of rotatable bonds is 2. The molecule has 0 radical (unpaired) electrons. The molecule has 1 aliphatic rings. The molecule has 0 saturated carbocycles. The van der Waals surface area contributed by atoms with E-state index in [4.69, 9.17) is 17.3 Å². The van der Waals surface area contributed by atoms with Gasteiger partial charge in [0.1, 0.15) is 11.3 Å². The van der Waals surface area contributed by atoms with Gasteiger partial charge in [-0.15, -0.1) is 0 Å². The van der Waals surface area contributed by atoms with Crippen LogP contribution in [-0.2, 0) is 4.79 Å². The summed E-state index contributed by atoms with van der Waals surface area (Å²) in [4.78, 5) is 24.2. The third-order valence-electron chi connectivity index (χ3n) is 2.30. The van der Waals surface area contributed by atoms with Crippen molar-refractivity contribution in [3.63, 3.8) is 0 Å². The van der Waals surface area contributed by atoms with Crippen molar-refractivity contribution in [2.45, 2.75) is 0 Å². The summed E-state index contributed by atoms with van der Waals surface area (Å²) in [6, 6.07) is 3.83. The van der Waals surface area contributed by atoms with Crippen LogP contribution in [0.4, 0.5) is 5.69 Å². The first-order valence-corrected chi connectivity index (χ1v) is 5.95.